The Morgan fingerprint density at radius 2 is 1.50 bits per heavy atom. The van der Waals surface area contributed by atoms with Gasteiger partial charge in [-0.1, -0.05) is 74.4 Å². The average molecular weight is 287 g/mol. The number of aryl methyl sites for hydroxylation is 1. The Bertz CT molecular complexity index is 487. The molecule has 106 valence electrons. The van der Waals surface area contributed by atoms with E-state index in [2.05, 4.69) is 61.5 Å². The summed E-state index contributed by atoms with van der Waals surface area (Å²) in [6, 6.07) is 19.4. The van der Waals surface area contributed by atoms with Gasteiger partial charge in [-0.05, 0) is 36.0 Å². The minimum absolute atomic E-state index is 0.323. The van der Waals surface area contributed by atoms with Crippen LogP contribution in [0.25, 0.3) is 11.1 Å². The minimum Gasteiger partial charge on any atom is -0.123 e. The number of benzene rings is 2. The second kappa shape index (κ2) is 8.11. The number of hydrogen-bond donors (Lipinski definition) is 0. The van der Waals surface area contributed by atoms with E-state index in [0.29, 0.717) is 5.38 Å². The van der Waals surface area contributed by atoms with Crippen LogP contribution in [0.1, 0.15) is 38.2 Å². The van der Waals surface area contributed by atoms with Crippen molar-refractivity contribution in [1.29, 1.82) is 0 Å². The van der Waals surface area contributed by atoms with Gasteiger partial charge in [-0.3, -0.25) is 0 Å². The first kappa shape index (κ1) is 15.1. The van der Waals surface area contributed by atoms with E-state index in [1.54, 1.807) is 0 Å². The molecule has 0 radical (unpaired) electrons. The molecule has 20 heavy (non-hydrogen) atoms. The number of unbranched alkanes of at least 4 members (excludes halogenated alkanes) is 1. The Balaban J connectivity index is 1.89. The van der Waals surface area contributed by atoms with Gasteiger partial charge in [-0.2, -0.15) is 0 Å². The zero-order valence-corrected chi connectivity index (χ0v) is 12.9. The molecule has 2 rings (SSSR count). The molecule has 0 saturated heterocycles. The summed E-state index contributed by atoms with van der Waals surface area (Å²) in [4.78, 5) is 0. The summed E-state index contributed by atoms with van der Waals surface area (Å²) in [6.07, 6.45) is 5.76. The van der Waals surface area contributed by atoms with Crippen LogP contribution in [0.15, 0.2) is 54.6 Å². The van der Waals surface area contributed by atoms with Crippen LogP contribution in [0.2, 0.25) is 0 Å². The van der Waals surface area contributed by atoms with Crippen molar-refractivity contribution in [2.24, 2.45) is 0 Å². The van der Waals surface area contributed by atoms with E-state index >= 15 is 0 Å². The van der Waals surface area contributed by atoms with Crippen LogP contribution < -0.4 is 0 Å². The van der Waals surface area contributed by atoms with E-state index in [1.165, 1.54) is 29.5 Å². The number of halogens is 1. The summed E-state index contributed by atoms with van der Waals surface area (Å²) in [5.74, 6) is 0. The fourth-order valence-corrected chi connectivity index (χ4v) is 2.65. The van der Waals surface area contributed by atoms with Crippen molar-refractivity contribution >= 4 is 11.6 Å². The first-order valence-corrected chi connectivity index (χ1v) is 8.01. The predicted octanol–water partition coefficient (Wildman–Crippen LogP) is 6.08. The zero-order valence-electron chi connectivity index (χ0n) is 12.2. The molecule has 2 aromatic rings. The van der Waals surface area contributed by atoms with E-state index in [4.69, 9.17) is 11.6 Å². The van der Waals surface area contributed by atoms with Crippen LogP contribution in [-0.2, 0) is 6.42 Å². The van der Waals surface area contributed by atoms with Crippen molar-refractivity contribution < 1.29 is 0 Å². The van der Waals surface area contributed by atoms with E-state index in [1.807, 2.05) is 0 Å². The molecule has 1 atom stereocenters. The van der Waals surface area contributed by atoms with Crippen LogP contribution in [0.4, 0.5) is 0 Å². The summed E-state index contributed by atoms with van der Waals surface area (Å²) in [5.41, 5.74) is 3.94. The lowest BCUT2D eigenvalue weighted by Gasteiger charge is -2.09. The van der Waals surface area contributed by atoms with E-state index in [-0.39, 0.29) is 0 Å². The van der Waals surface area contributed by atoms with E-state index in [9.17, 15) is 0 Å². The molecule has 0 saturated carbocycles. The highest BCUT2D eigenvalue weighted by Crippen LogP contribution is 2.21. The summed E-state index contributed by atoms with van der Waals surface area (Å²) >= 11 is 6.34. The Morgan fingerprint density at radius 1 is 0.850 bits per heavy atom. The van der Waals surface area contributed by atoms with Gasteiger partial charge in [0.25, 0.3) is 0 Å². The molecule has 0 N–H and O–H groups in total. The van der Waals surface area contributed by atoms with Gasteiger partial charge in [0.05, 0.1) is 0 Å². The average Bonchev–Trinajstić information content (AvgIpc) is 2.52. The van der Waals surface area contributed by atoms with Gasteiger partial charge in [0.1, 0.15) is 0 Å². The molecule has 0 aliphatic rings. The molecule has 0 fully saturated rings. The number of rotatable bonds is 7. The molecule has 0 heterocycles. The van der Waals surface area contributed by atoms with Crippen molar-refractivity contribution in [2.45, 2.75) is 44.4 Å². The molecule has 0 amide bonds. The fourth-order valence-electron chi connectivity index (χ4n) is 2.39. The highest BCUT2D eigenvalue weighted by Gasteiger charge is 2.04. The Labute approximate surface area is 127 Å². The van der Waals surface area contributed by atoms with Gasteiger partial charge >= 0.3 is 0 Å². The van der Waals surface area contributed by atoms with Crippen molar-refractivity contribution in [3.05, 3.63) is 60.2 Å². The minimum atomic E-state index is 0.323. The molecule has 0 aliphatic heterocycles. The second-order valence-electron chi connectivity index (χ2n) is 5.34. The first-order chi connectivity index (χ1) is 9.79. The maximum atomic E-state index is 6.34. The third kappa shape index (κ3) is 4.68. The van der Waals surface area contributed by atoms with Crippen LogP contribution in [0, 0.1) is 0 Å². The van der Waals surface area contributed by atoms with Crippen molar-refractivity contribution in [3.63, 3.8) is 0 Å². The SMILES string of the molecule is CCCCC(Cl)CCc1ccc(-c2ccccc2)cc1. The molecular formula is C19H23Cl. The van der Waals surface area contributed by atoms with Crippen LogP contribution in [0.3, 0.4) is 0 Å². The molecular weight excluding hydrogens is 264 g/mol. The fraction of sp³-hybridized carbons (Fsp3) is 0.368. The summed E-state index contributed by atoms with van der Waals surface area (Å²) in [7, 11) is 0. The Hall–Kier alpha value is -1.27. The summed E-state index contributed by atoms with van der Waals surface area (Å²) < 4.78 is 0. The lowest BCUT2D eigenvalue weighted by molar-refractivity contribution is 0.640. The standard InChI is InChI=1S/C19H23Cl/c1-2-3-9-19(20)15-12-16-10-13-18(14-11-16)17-7-5-4-6-8-17/h4-8,10-11,13-14,19H,2-3,9,12,15H2,1H3. The maximum Gasteiger partial charge on any atom is 0.0339 e. The Morgan fingerprint density at radius 3 is 2.15 bits per heavy atom. The third-order valence-corrected chi connectivity index (χ3v) is 4.11. The normalized spacial score (nSPS) is 12.3. The molecule has 1 heteroatoms. The number of hydrogen-bond acceptors (Lipinski definition) is 0. The molecule has 1 unspecified atom stereocenters. The quantitative estimate of drug-likeness (QED) is 0.541. The summed E-state index contributed by atoms with van der Waals surface area (Å²) in [5, 5.41) is 0.323. The molecule has 0 bridgehead atoms. The van der Waals surface area contributed by atoms with Gasteiger partial charge in [-0.25, -0.2) is 0 Å². The van der Waals surface area contributed by atoms with Crippen LogP contribution in [-0.4, -0.2) is 5.38 Å². The highest BCUT2D eigenvalue weighted by atomic mass is 35.5. The van der Waals surface area contributed by atoms with Crippen LogP contribution >= 0.6 is 11.6 Å². The van der Waals surface area contributed by atoms with E-state index < -0.39 is 0 Å². The lowest BCUT2D eigenvalue weighted by atomic mass is 10.0. The summed E-state index contributed by atoms with van der Waals surface area (Å²) in [6.45, 7) is 2.21. The van der Waals surface area contributed by atoms with Gasteiger partial charge in [0.2, 0.25) is 0 Å². The Kier molecular flexibility index (Phi) is 6.14. The van der Waals surface area contributed by atoms with Crippen LogP contribution in [0.5, 0.6) is 0 Å². The van der Waals surface area contributed by atoms with Crippen molar-refractivity contribution in [1.82, 2.24) is 0 Å². The van der Waals surface area contributed by atoms with Gasteiger partial charge in [-0.15, -0.1) is 11.6 Å². The van der Waals surface area contributed by atoms with Crippen molar-refractivity contribution in [3.8, 4) is 11.1 Å². The highest BCUT2D eigenvalue weighted by molar-refractivity contribution is 6.20. The molecule has 0 spiro atoms. The van der Waals surface area contributed by atoms with Gasteiger partial charge < -0.3 is 0 Å². The predicted molar refractivity (Wildman–Crippen MR) is 89.4 cm³/mol. The number of alkyl halides is 1. The van der Waals surface area contributed by atoms with Crippen molar-refractivity contribution in [2.75, 3.05) is 0 Å². The lowest BCUT2D eigenvalue weighted by Crippen LogP contribution is -2.00. The second-order valence-corrected chi connectivity index (χ2v) is 5.96. The zero-order chi connectivity index (χ0) is 14.2. The topological polar surface area (TPSA) is 0 Å². The van der Waals surface area contributed by atoms with E-state index in [0.717, 1.165) is 19.3 Å². The maximum absolute atomic E-state index is 6.34. The van der Waals surface area contributed by atoms with Gasteiger partial charge in [0.15, 0.2) is 0 Å². The molecule has 2 aromatic carbocycles. The third-order valence-electron chi connectivity index (χ3n) is 3.68. The monoisotopic (exact) mass is 286 g/mol. The van der Waals surface area contributed by atoms with Gasteiger partial charge in [0, 0.05) is 5.38 Å². The smallest absolute Gasteiger partial charge is 0.0339 e. The molecule has 0 nitrogen and oxygen atoms in total. The molecule has 0 aromatic heterocycles. The molecule has 0 aliphatic carbocycles. The largest absolute Gasteiger partial charge is 0.123 e. The first-order valence-electron chi connectivity index (χ1n) is 7.58.